The van der Waals surface area contributed by atoms with Crippen molar-refractivity contribution in [1.82, 2.24) is 0 Å². The quantitative estimate of drug-likeness (QED) is 0.247. The number of hydrogen-bond acceptors (Lipinski definition) is 1. The normalized spacial score (nSPS) is 11.5. The molecule has 0 unspecified atom stereocenters. The molecule has 4 aromatic carbocycles. The molecule has 0 saturated heterocycles. The molecule has 1 nitrogen and oxygen atoms in total. The highest BCUT2D eigenvalue weighted by molar-refractivity contribution is 5.74. The van der Waals surface area contributed by atoms with Crippen LogP contribution in [0.15, 0.2) is 78.9 Å². The molecule has 0 aliphatic heterocycles. The van der Waals surface area contributed by atoms with E-state index < -0.39 is 29.6 Å². The molecule has 0 heterocycles. The third-order valence-electron chi connectivity index (χ3n) is 5.54. The van der Waals surface area contributed by atoms with Crippen LogP contribution in [-0.4, -0.2) is 6.36 Å². The molecule has 0 radical (unpaired) electrons. The molecule has 0 aliphatic carbocycles. The Morgan fingerprint density at radius 2 is 1.06 bits per heavy atom. The maximum Gasteiger partial charge on any atom is 0.573 e. The van der Waals surface area contributed by atoms with Gasteiger partial charge >= 0.3 is 6.36 Å². The number of halogens is 6. The second kappa shape index (κ2) is 9.86. The van der Waals surface area contributed by atoms with Gasteiger partial charge in [-0.2, -0.15) is 0 Å². The van der Waals surface area contributed by atoms with E-state index in [0.717, 1.165) is 29.5 Å². The van der Waals surface area contributed by atoms with E-state index in [9.17, 15) is 26.3 Å². The molecule has 4 aromatic rings. The van der Waals surface area contributed by atoms with Crippen molar-refractivity contribution in [1.29, 1.82) is 0 Å². The maximum absolute atomic E-state index is 14.8. The molecule has 0 amide bonds. The Labute approximate surface area is 198 Å². The summed E-state index contributed by atoms with van der Waals surface area (Å²) in [5, 5.41) is 0. The van der Waals surface area contributed by atoms with Crippen molar-refractivity contribution in [3.63, 3.8) is 0 Å². The van der Waals surface area contributed by atoms with Gasteiger partial charge < -0.3 is 4.74 Å². The average Bonchev–Trinajstić information content (AvgIpc) is 2.81. The van der Waals surface area contributed by atoms with Crippen LogP contribution in [-0.2, 0) is 6.42 Å². The van der Waals surface area contributed by atoms with E-state index in [1.54, 1.807) is 6.07 Å². The molecule has 0 aromatic heterocycles. The summed E-state index contributed by atoms with van der Waals surface area (Å²) in [7, 11) is 0. The van der Waals surface area contributed by atoms with E-state index in [1.807, 2.05) is 24.3 Å². The van der Waals surface area contributed by atoms with Crippen LogP contribution in [0.1, 0.15) is 18.9 Å². The van der Waals surface area contributed by atoms with Gasteiger partial charge in [-0.3, -0.25) is 0 Å². The number of alkyl halides is 3. The Hall–Kier alpha value is -3.74. The highest BCUT2D eigenvalue weighted by Gasteiger charge is 2.34. The van der Waals surface area contributed by atoms with Gasteiger partial charge in [0.2, 0.25) is 5.75 Å². The molecule has 0 spiro atoms. The highest BCUT2D eigenvalue weighted by atomic mass is 19.4. The first kappa shape index (κ1) is 24.4. The summed E-state index contributed by atoms with van der Waals surface area (Å²) in [6.07, 6.45) is -3.17. The monoisotopic (exact) mass is 486 g/mol. The Balaban J connectivity index is 1.58. The molecule has 180 valence electrons. The molecule has 0 bridgehead atoms. The average molecular weight is 486 g/mol. The molecule has 4 rings (SSSR count). The van der Waals surface area contributed by atoms with Crippen LogP contribution in [0.4, 0.5) is 26.3 Å². The lowest BCUT2D eigenvalue weighted by Gasteiger charge is -2.13. The van der Waals surface area contributed by atoms with Crippen LogP contribution in [0.2, 0.25) is 0 Å². The first-order valence-electron chi connectivity index (χ1n) is 10.9. The molecular weight excluding hydrogens is 466 g/mol. The minimum Gasteiger partial charge on any atom is -0.399 e. The SMILES string of the molecule is CCCc1ccc(-c2ccc(-c3ccc(-c4cc(F)c(OC(F)(F)F)c(F)c4)c(F)c3)cc2)cc1. The third kappa shape index (κ3) is 5.67. The minimum absolute atomic E-state index is 0.158. The fourth-order valence-electron chi connectivity index (χ4n) is 3.87. The summed E-state index contributed by atoms with van der Waals surface area (Å²) in [6.45, 7) is 2.13. The first-order valence-corrected chi connectivity index (χ1v) is 10.9. The zero-order valence-electron chi connectivity index (χ0n) is 18.6. The van der Waals surface area contributed by atoms with Gasteiger partial charge in [-0.05, 0) is 58.0 Å². The van der Waals surface area contributed by atoms with E-state index in [1.165, 1.54) is 17.7 Å². The molecule has 0 atom stereocenters. The first-order chi connectivity index (χ1) is 16.6. The van der Waals surface area contributed by atoms with Gasteiger partial charge in [0.1, 0.15) is 5.82 Å². The van der Waals surface area contributed by atoms with Gasteiger partial charge in [0.15, 0.2) is 11.6 Å². The second-order valence-corrected chi connectivity index (χ2v) is 8.04. The van der Waals surface area contributed by atoms with Crippen molar-refractivity contribution in [2.24, 2.45) is 0 Å². The van der Waals surface area contributed by atoms with Crippen molar-refractivity contribution in [2.45, 2.75) is 26.1 Å². The lowest BCUT2D eigenvalue weighted by molar-refractivity contribution is -0.276. The summed E-state index contributed by atoms with van der Waals surface area (Å²) in [5.74, 6) is -5.53. The van der Waals surface area contributed by atoms with Crippen molar-refractivity contribution in [2.75, 3.05) is 0 Å². The molecule has 0 aliphatic rings. The van der Waals surface area contributed by atoms with Gasteiger partial charge in [0, 0.05) is 5.56 Å². The number of benzene rings is 4. The lowest BCUT2D eigenvalue weighted by atomic mass is 9.97. The zero-order valence-corrected chi connectivity index (χ0v) is 18.6. The maximum atomic E-state index is 14.8. The molecule has 0 saturated carbocycles. The van der Waals surface area contributed by atoms with E-state index >= 15 is 0 Å². The van der Waals surface area contributed by atoms with Crippen molar-refractivity contribution in [3.05, 3.63) is 102 Å². The Kier molecular flexibility index (Phi) is 6.87. The summed E-state index contributed by atoms with van der Waals surface area (Å²) in [6, 6.07) is 21.1. The van der Waals surface area contributed by atoms with Crippen molar-refractivity contribution >= 4 is 0 Å². The van der Waals surface area contributed by atoms with Crippen LogP contribution in [0, 0.1) is 17.5 Å². The van der Waals surface area contributed by atoms with E-state index in [-0.39, 0.29) is 11.1 Å². The molecule has 35 heavy (non-hydrogen) atoms. The zero-order chi connectivity index (χ0) is 25.2. The largest absolute Gasteiger partial charge is 0.573 e. The smallest absolute Gasteiger partial charge is 0.399 e. The van der Waals surface area contributed by atoms with Crippen LogP contribution >= 0.6 is 0 Å². The second-order valence-electron chi connectivity index (χ2n) is 8.04. The van der Waals surface area contributed by atoms with E-state index in [4.69, 9.17) is 0 Å². The van der Waals surface area contributed by atoms with Gasteiger partial charge in [-0.25, -0.2) is 13.2 Å². The predicted molar refractivity (Wildman–Crippen MR) is 123 cm³/mol. The summed E-state index contributed by atoms with van der Waals surface area (Å²) in [4.78, 5) is 0. The number of hydrogen-bond donors (Lipinski definition) is 0. The Bertz CT molecular complexity index is 1300. The Morgan fingerprint density at radius 3 is 1.54 bits per heavy atom. The van der Waals surface area contributed by atoms with Gasteiger partial charge in [0.05, 0.1) is 0 Å². The number of rotatable bonds is 6. The van der Waals surface area contributed by atoms with Crippen LogP contribution in [0.3, 0.4) is 0 Å². The molecule has 7 heteroatoms. The molecule has 0 N–H and O–H groups in total. The topological polar surface area (TPSA) is 9.23 Å². The van der Waals surface area contributed by atoms with Crippen molar-refractivity contribution in [3.8, 4) is 39.1 Å². The highest BCUT2D eigenvalue weighted by Crippen LogP contribution is 2.35. The number of aryl methyl sites for hydroxylation is 1. The van der Waals surface area contributed by atoms with Crippen molar-refractivity contribution < 1.29 is 31.1 Å². The van der Waals surface area contributed by atoms with Crippen LogP contribution in [0.5, 0.6) is 5.75 Å². The summed E-state index contributed by atoms with van der Waals surface area (Å²) < 4.78 is 83.4. The fraction of sp³-hybridized carbons (Fsp3) is 0.143. The van der Waals surface area contributed by atoms with Crippen LogP contribution in [0.25, 0.3) is 33.4 Å². The standard InChI is InChI=1S/C28H20F6O/c1-2-3-17-4-6-18(7-5-17)19-8-10-20(11-9-19)21-12-13-23(24(29)14-21)22-15-25(30)27(26(31)16-22)35-28(32,33)34/h4-16H,2-3H2,1H3. The molecule has 0 fully saturated rings. The minimum atomic E-state index is -5.26. The van der Waals surface area contributed by atoms with E-state index in [2.05, 4.69) is 35.9 Å². The summed E-state index contributed by atoms with van der Waals surface area (Å²) >= 11 is 0. The van der Waals surface area contributed by atoms with Gasteiger partial charge in [-0.1, -0.05) is 74.0 Å². The predicted octanol–water partition coefficient (Wildman–Crippen LogP) is 8.96. The lowest BCUT2D eigenvalue weighted by Crippen LogP contribution is -2.19. The van der Waals surface area contributed by atoms with Gasteiger partial charge in [-0.15, -0.1) is 13.2 Å². The molecular formula is C28H20F6O. The third-order valence-corrected chi connectivity index (χ3v) is 5.54. The van der Waals surface area contributed by atoms with Crippen LogP contribution < -0.4 is 4.74 Å². The fourth-order valence-corrected chi connectivity index (χ4v) is 3.87. The number of ether oxygens (including phenoxy) is 1. The summed E-state index contributed by atoms with van der Waals surface area (Å²) in [5.41, 5.74) is 4.18. The Morgan fingerprint density at radius 1 is 0.600 bits per heavy atom. The van der Waals surface area contributed by atoms with Gasteiger partial charge in [0.25, 0.3) is 0 Å². The van der Waals surface area contributed by atoms with E-state index in [0.29, 0.717) is 17.7 Å².